The van der Waals surface area contributed by atoms with Crippen LogP contribution >= 0.6 is 0 Å². The maximum atomic E-state index is 13.1. The van der Waals surface area contributed by atoms with Gasteiger partial charge >= 0.3 is 0 Å². The average Bonchev–Trinajstić information content (AvgIpc) is 2.46. The second kappa shape index (κ2) is 4.53. The van der Waals surface area contributed by atoms with Gasteiger partial charge < -0.3 is 5.73 Å². The van der Waals surface area contributed by atoms with E-state index in [0.717, 1.165) is 19.4 Å². The molecule has 1 aliphatic rings. The predicted molar refractivity (Wildman–Crippen MR) is 53.4 cm³/mol. The molecule has 0 bridgehead atoms. The summed E-state index contributed by atoms with van der Waals surface area (Å²) in [5.41, 5.74) is 5.03. The highest BCUT2D eigenvalue weighted by Gasteiger charge is 2.37. The summed E-state index contributed by atoms with van der Waals surface area (Å²) < 4.78 is 26.1. The van der Waals surface area contributed by atoms with Gasteiger partial charge in [-0.05, 0) is 25.3 Å². The number of likely N-dealkylation sites (tertiary alicyclic amines) is 1. The van der Waals surface area contributed by atoms with Crippen molar-refractivity contribution in [2.45, 2.75) is 38.7 Å². The molecule has 1 saturated heterocycles. The number of alkyl halides is 2. The van der Waals surface area contributed by atoms with E-state index in [-0.39, 0.29) is 6.54 Å². The Labute approximate surface area is 84.4 Å². The maximum Gasteiger partial charge on any atom is 0.272 e. The third-order valence-electron chi connectivity index (χ3n) is 3.15. The van der Waals surface area contributed by atoms with Crippen molar-refractivity contribution in [2.24, 2.45) is 11.7 Å². The minimum absolute atomic E-state index is 0.174. The van der Waals surface area contributed by atoms with Gasteiger partial charge in [0, 0.05) is 6.04 Å². The first-order valence-electron chi connectivity index (χ1n) is 5.32. The van der Waals surface area contributed by atoms with Crippen LogP contribution < -0.4 is 5.73 Å². The second-order valence-corrected chi connectivity index (χ2v) is 4.27. The maximum absolute atomic E-state index is 13.1. The van der Waals surface area contributed by atoms with Gasteiger partial charge in [0.2, 0.25) is 0 Å². The summed E-state index contributed by atoms with van der Waals surface area (Å²) in [5, 5.41) is 0. The number of rotatable bonds is 4. The molecule has 2 nitrogen and oxygen atoms in total. The number of halogens is 2. The molecule has 0 saturated carbocycles. The number of hydrogen-bond acceptors (Lipinski definition) is 2. The van der Waals surface area contributed by atoms with Crippen molar-refractivity contribution in [1.82, 2.24) is 4.90 Å². The van der Waals surface area contributed by atoms with Gasteiger partial charge in [-0.1, -0.05) is 13.8 Å². The standard InChI is InChI=1S/C10H20F2N2/c1-3-9-8(2)4-5-14(9)7-10(11,12)6-13/h8-9H,3-7,13H2,1-2H3. The van der Waals surface area contributed by atoms with E-state index in [1.54, 1.807) is 0 Å². The molecule has 1 heterocycles. The summed E-state index contributed by atoms with van der Waals surface area (Å²) in [6, 6.07) is 0.312. The predicted octanol–water partition coefficient (Wildman–Crippen LogP) is 1.70. The molecular formula is C10H20F2N2. The minimum Gasteiger partial charge on any atom is -0.325 e. The first-order chi connectivity index (χ1) is 6.50. The van der Waals surface area contributed by atoms with E-state index in [4.69, 9.17) is 5.73 Å². The van der Waals surface area contributed by atoms with Gasteiger partial charge in [-0.2, -0.15) is 0 Å². The molecule has 84 valence electrons. The fourth-order valence-corrected chi connectivity index (χ4v) is 2.31. The quantitative estimate of drug-likeness (QED) is 0.758. The van der Waals surface area contributed by atoms with E-state index >= 15 is 0 Å². The number of nitrogens with two attached hydrogens (primary N) is 1. The Kier molecular flexibility index (Phi) is 3.84. The highest BCUT2D eigenvalue weighted by atomic mass is 19.3. The van der Waals surface area contributed by atoms with E-state index in [1.807, 2.05) is 4.90 Å². The molecule has 0 spiro atoms. The second-order valence-electron chi connectivity index (χ2n) is 4.27. The third kappa shape index (κ3) is 2.64. The Morgan fingerprint density at radius 3 is 2.64 bits per heavy atom. The van der Waals surface area contributed by atoms with Crippen LogP contribution in [0.5, 0.6) is 0 Å². The van der Waals surface area contributed by atoms with Gasteiger partial charge in [0.25, 0.3) is 5.92 Å². The lowest BCUT2D eigenvalue weighted by Crippen LogP contribution is -2.44. The molecule has 4 heteroatoms. The number of hydrogen-bond donors (Lipinski definition) is 1. The molecule has 2 N–H and O–H groups in total. The highest BCUT2D eigenvalue weighted by molar-refractivity contribution is 4.87. The molecular weight excluding hydrogens is 186 g/mol. The fraction of sp³-hybridized carbons (Fsp3) is 1.00. The van der Waals surface area contributed by atoms with Crippen LogP contribution in [-0.2, 0) is 0 Å². The molecule has 0 aromatic carbocycles. The van der Waals surface area contributed by atoms with Crippen LogP contribution in [-0.4, -0.2) is 36.5 Å². The van der Waals surface area contributed by atoms with Crippen LogP contribution in [0.4, 0.5) is 8.78 Å². The van der Waals surface area contributed by atoms with Crippen molar-refractivity contribution < 1.29 is 8.78 Å². The van der Waals surface area contributed by atoms with Crippen LogP contribution in [0.3, 0.4) is 0 Å². The Bertz CT molecular complexity index is 185. The van der Waals surface area contributed by atoms with Gasteiger partial charge in [0.15, 0.2) is 0 Å². The van der Waals surface area contributed by atoms with Crippen LogP contribution in [0.25, 0.3) is 0 Å². The lowest BCUT2D eigenvalue weighted by molar-refractivity contribution is -0.0285. The summed E-state index contributed by atoms with van der Waals surface area (Å²) >= 11 is 0. The summed E-state index contributed by atoms with van der Waals surface area (Å²) in [6.45, 7) is 4.25. The molecule has 2 unspecified atom stereocenters. The van der Waals surface area contributed by atoms with Gasteiger partial charge in [-0.3, -0.25) is 4.90 Å². The highest BCUT2D eigenvalue weighted by Crippen LogP contribution is 2.28. The van der Waals surface area contributed by atoms with E-state index in [0.29, 0.717) is 12.0 Å². The van der Waals surface area contributed by atoms with Crippen molar-refractivity contribution in [3.05, 3.63) is 0 Å². The van der Waals surface area contributed by atoms with Crippen molar-refractivity contribution in [3.8, 4) is 0 Å². The summed E-state index contributed by atoms with van der Waals surface area (Å²) in [5.74, 6) is -2.19. The lowest BCUT2D eigenvalue weighted by Gasteiger charge is -2.29. The van der Waals surface area contributed by atoms with Crippen LogP contribution in [0.2, 0.25) is 0 Å². The van der Waals surface area contributed by atoms with Crippen LogP contribution in [0, 0.1) is 5.92 Å². The first kappa shape index (κ1) is 11.9. The van der Waals surface area contributed by atoms with Gasteiger partial charge in [-0.15, -0.1) is 0 Å². The van der Waals surface area contributed by atoms with Crippen molar-refractivity contribution in [3.63, 3.8) is 0 Å². The van der Waals surface area contributed by atoms with Crippen molar-refractivity contribution in [2.75, 3.05) is 19.6 Å². The lowest BCUT2D eigenvalue weighted by atomic mass is 10.0. The van der Waals surface area contributed by atoms with E-state index < -0.39 is 12.5 Å². The SMILES string of the molecule is CCC1C(C)CCN1CC(F)(F)CN. The fourth-order valence-electron chi connectivity index (χ4n) is 2.31. The zero-order valence-electron chi connectivity index (χ0n) is 8.97. The summed E-state index contributed by atoms with van der Waals surface area (Å²) in [4.78, 5) is 1.89. The Hall–Kier alpha value is -0.220. The molecule has 1 aliphatic heterocycles. The van der Waals surface area contributed by atoms with Crippen LogP contribution in [0.1, 0.15) is 26.7 Å². The Morgan fingerprint density at radius 1 is 1.50 bits per heavy atom. The minimum atomic E-state index is -2.72. The molecule has 0 radical (unpaired) electrons. The van der Waals surface area contributed by atoms with E-state index in [9.17, 15) is 8.78 Å². The number of nitrogens with zero attached hydrogens (tertiary/aromatic N) is 1. The molecule has 1 fully saturated rings. The zero-order valence-corrected chi connectivity index (χ0v) is 8.97. The van der Waals surface area contributed by atoms with Crippen molar-refractivity contribution in [1.29, 1.82) is 0 Å². The molecule has 14 heavy (non-hydrogen) atoms. The van der Waals surface area contributed by atoms with Gasteiger partial charge in [0.1, 0.15) is 0 Å². The Morgan fingerprint density at radius 2 is 2.14 bits per heavy atom. The molecule has 0 aliphatic carbocycles. The molecule has 2 atom stereocenters. The van der Waals surface area contributed by atoms with Crippen LogP contribution in [0.15, 0.2) is 0 Å². The third-order valence-corrected chi connectivity index (χ3v) is 3.15. The van der Waals surface area contributed by atoms with Gasteiger partial charge in [-0.25, -0.2) is 8.78 Å². The van der Waals surface area contributed by atoms with Crippen molar-refractivity contribution >= 4 is 0 Å². The summed E-state index contributed by atoms with van der Waals surface area (Å²) in [6.07, 6.45) is 1.97. The molecule has 0 aromatic heterocycles. The first-order valence-corrected chi connectivity index (χ1v) is 5.32. The molecule has 0 amide bonds. The molecule has 1 rings (SSSR count). The smallest absolute Gasteiger partial charge is 0.272 e. The normalized spacial score (nSPS) is 29.8. The average molecular weight is 206 g/mol. The zero-order chi connectivity index (χ0) is 10.8. The van der Waals surface area contributed by atoms with E-state index in [1.165, 1.54) is 0 Å². The van der Waals surface area contributed by atoms with Gasteiger partial charge in [0.05, 0.1) is 13.1 Å². The van der Waals surface area contributed by atoms with E-state index in [2.05, 4.69) is 13.8 Å². The largest absolute Gasteiger partial charge is 0.325 e. The Balaban J connectivity index is 2.52. The summed E-state index contributed by atoms with van der Waals surface area (Å²) in [7, 11) is 0. The monoisotopic (exact) mass is 206 g/mol. The molecule has 0 aromatic rings. The topological polar surface area (TPSA) is 29.3 Å².